The van der Waals surface area contributed by atoms with Crippen molar-refractivity contribution >= 4 is 5.91 Å². The van der Waals surface area contributed by atoms with Gasteiger partial charge >= 0.3 is 0 Å². The minimum Gasteiger partial charge on any atom is -0.352 e. The highest BCUT2D eigenvalue weighted by atomic mass is 19.3. The van der Waals surface area contributed by atoms with Gasteiger partial charge < -0.3 is 10.6 Å². The average molecular weight is 208 g/mol. The number of nitrogens with one attached hydrogen (secondary N) is 2. The number of hydrogen-bond donors (Lipinski definition) is 2. The molecule has 14 heavy (non-hydrogen) atoms. The van der Waals surface area contributed by atoms with Gasteiger partial charge in [0.1, 0.15) is 0 Å². The zero-order valence-corrected chi connectivity index (χ0v) is 8.81. The van der Waals surface area contributed by atoms with Crippen LogP contribution >= 0.6 is 0 Å². The second-order valence-corrected chi connectivity index (χ2v) is 3.34. The molecule has 2 unspecified atom stereocenters. The van der Waals surface area contributed by atoms with E-state index in [0.717, 1.165) is 6.42 Å². The molecule has 0 saturated carbocycles. The molecule has 0 aliphatic rings. The predicted octanol–water partition coefficient (Wildman–Crippen LogP) is 1.14. The Morgan fingerprint density at radius 3 is 2.36 bits per heavy atom. The monoisotopic (exact) mass is 208 g/mol. The van der Waals surface area contributed by atoms with Crippen LogP contribution in [0.4, 0.5) is 8.78 Å². The number of carbonyl (C=O) groups excluding carboxylic acids is 1. The van der Waals surface area contributed by atoms with Gasteiger partial charge in [0, 0.05) is 6.04 Å². The SMILES string of the molecule is CCC(C)NC(=O)C(C)NCC(F)F. The van der Waals surface area contributed by atoms with Crippen molar-refractivity contribution in [3.8, 4) is 0 Å². The predicted molar refractivity (Wildman–Crippen MR) is 51.4 cm³/mol. The van der Waals surface area contributed by atoms with E-state index in [1.54, 1.807) is 6.92 Å². The highest BCUT2D eigenvalue weighted by Gasteiger charge is 2.15. The van der Waals surface area contributed by atoms with Crippen molar-refractivity contribution in [3.05, 3.63) is 0 Å². The van der Waals surface area contributed by atoms with Gasteiger partial charge in [-0.05, 0) is 20.3 Å². The molecule has 84 valence electrons. The van der Waals surface area contributed by atoms with Gasteiger partial charge in [0.2, 0.25) is 5.91 Å². The lowest BCUT2D eigenvalue weighted by Crippen LogP contribution is -2.46. The maximum absolute atomic E-state index is 11.8. The van der Waals surface area contributed by atoms with Crippen molar-refractivity contribution in [2.75, 3.05) is 6.54 Å². The summed E-state index contributed by atoms with van der Waals surface area (Å²) in [5.41, 5.74) is 0. The largest absolute Gasteiger partial charge is 0.352 e. The van der Waals surface area contributed by atoms with E-state index in [9.17, 15) is 13.6 Å². The molecule has 0 spiro atoms. The van der Waals surface area contributed by atoms with Gasteiger partial charge in [0.15, 0.2) is 0 Å². The van der Waals surface area contributed by atoms with Crippen molar-refractivity contribution < 1.29 is 13.6 Å². The van der Waals surface area contributed by atoms with Gasteiger partial charge in [-0.2, -0.15) is 0 Å². The third-order valence-corrected chi connectivity index (χ3v) is 1.97. The zero-order chi connectivity index (χ0) is 11.1. The molecule has 0 bridgehead atoms. The fourth-order valence-electron chi connectivity index (χ4n) is 0.828. The Bertz CT molecular complexity index is 176. The molecule has 0 aromatic rings. The molecule has 0 aliphatic carbocycles. The maximum atomic E-state index is 11.8. The van der Waals surface area contributed by atoms with E-state index in [-0.39, 0.29) is 11.9 Å². The summed E-state index contributed by atoms with van der Waals surface area (Å²) < 4.78 is 23.6. The number of alkyl halides is 2. The third-order valence-electron chi connectivity index (χ3n) is 1.97. The normalized spacial score (nSPS) is 15.3. The molecule has 0 rings (SSSR count). The fraction of sp³-hybridized carbons (Fsp3) is 0.889. The van der Waals surface area contributed by atoms with Crippen LogP contribution in [0.5, 0.6) is 0 Å². The quantitative estimate of drug-likeness (QED) is 0.687. The molecule has 2 atom stereocenters. The van der Waals surface area contributed by atoms with Crippen LogP contribution < -0.4 is 10.6 Å². The highest BCUT2D eigenvalue weighted by molar-refractivity contribution is 5.81. The Balaban J connectivity index is 3.76. The molecule has 2 N–H and O–H groups in total. The van der Waals surface area contributed by atoms with Gasteiger partial charge in [0.05, 0.1) is 12.6 Å². The van der Waals surface area contributed by atoms with Crippen LogP contribution in [0.25, 0.3) is 0 Å². The summed E-state index contributed by atoms with van der Waals surface area (Å²) in [5, 5.41) is 5.16. The molecule has 0 aliphatic heterocycles. The number of halogens is 2. The molecule has 0 radical (unpaired) electrons. The summed E-state index contributed by atoms with van der Waals surface area (Å²) in [6, 6.07) is -0.490. The summed E-state index contributed by atoms with van der Waals surface area (Å²) >= 11 is 0. The molecule has 0 aromatic heterocycles. The fourth-order valence-corrected chi connectivity index (χ4v) is 0.828. The third kappa shape index (κ3) is 5.85. The standard InChI is InChI=1S/C9H18F2N2O/c1-4-6(2)13-9(14)7(3)12-5-8(10)11/h6-8,12H,4-5H2,1-3H3,(H,13,14). The second kappa shape index (κ2) is 6.70. The van der Waals surface area contributed by atoms with E-state index >= 15 is 0 Å². The first kappa shape index (κ1) is 13.3. The average Bonchev–Trinajstić information content (AvgIpc) is 2.13. The number of hydrogen-bond acceptors (Lipinski definition) is 2. The molecule has 5 heteroatoms. The summed E-state index contributed by atoms with van der Waals surface area (Å²) in [4.78, 5) is 11.3. The summed E-state index contributed by atoms with van der Waals surface area (Å²) in [6.07, 6.45) is -1.60. The lowest BCUT2D eigenvalue weighted by Gasteiger charge is -2.17. The summed E-state index contributed by atoms with van der Waals surface area (Å²) in [5.74, 6) is -0.236. The van der Waals surface area contributed by atoms with E-state index in [1.165, 1.54) is 0 Å². The summed E-state index contributed by atoms with van der Waals surface area (Å²) in [6.45, 7) is 4.94. The molecule has 0 saturated heterocycles. The van der Waals surface area contributed by atoms with Crippen LogP contribution in [0.1, 0.15) is 27.2 Å². The van der Waals surface area contributed by atoms with E-state index in [2.05, 4.69) is 10.6 Å². The molecule has 0 heterocycles. The minimum atomic E-state index is -2.42. The first-order valence-electron chi connectivity index (χ1n) is 4.79. The van der Waals surface area contributed by atoms with Crippen LogP contribution in [0.3, 0.4) is 0 Å². The van der Waals surface area contributed by atoms with Gasteiger partial charge in [-0.25, -0.2) is 8.78 Å². The van der Waals surface area contributed by atoms with Crippen LogP contribution in [0.2, 0.25) is 0 Å². The van der Waals surface area contributed by atoms with Gasteiger partial charge in [-0.3, -0.25) is 4.79 Å². The molecule has 1 amide bonds. The molecule has 0 aromatic carbocycles. The summed E-state index contributed by atoms with van der Waals surface area (Å²) in [7, 11) is 0. The number of carbonyl (C=O) groups is 1. The smallest absolute Gasteiger partial charge is 0.250 e. The maximum Gasteiger partial charge on any atom is 0.250 e. The van der Waals surface area contributed by atoms with Crippen molar-refractivity contribution in [2.24, 2.45) is 0 Å². The van der Waals surface area contributed by atoms with Crippen LogP contribution in [0, 0.1) is 0 Å². The van der Waals surface area contributed by atoms with Gasteiger partial charge in [-0.15, -0.1) is 0 Å². The first-order valence-corrected chi connectivity index (χ1v) is 4.79. The van der Waals surface area contributed by atoms with Crippen molar-refractivity contribution in [1.82, 2.24) is 10.6 Å². The van der Waals surface area contributed by atoms with Crippen LogP contribution in [0.15, 0.2) is 0 Å². The molecule has 3 nitrogen and oxygen atoms in total. The molecular formula is C9H18F2N2O. The Morgan fingerprint density at radius 1 is 1.36 bits per heavy atom. The van der Waals surface area contributed by atoms with Crippen molar-refractivity contribution in [2.45, 2.75) is 45.7 Å². The topological polar surface area (TPSA) is 41.1 Å². The first-order chi connectivity index (χ1) is 6.47. The Kier molecular flexibility index (Phi) is 6.36. The lowest BCUT2D eigenvalue weighted by molar-refractivity contribution is -0.123. The number of amides is 1. The minimum absolute atomic E-state index is 0.0818. The highest BCUT2D eigenvalue weighted by Crippen LogP contribution is 1.93. The van der Waals surface area contributed by atoms with E-state index in [1.807, 2.05) is 13.8 Å². The molecule has 0 fully saturated rings. The van der Waals surface area contributed by atoms with E-state index in [4.69, 9.17) is 0 Å². The zero-order valence-electron chi connectivity index (χ0n) is 8.81. The van der Waals surface area contributed by atoms with E-state index in [0.29, 0.717) is 0 Å². The second-order valence-electron chi connectivity index (χ2n) is 3.34. The Morgan fingerprint density at radius 2 is 1.93 bits per heavy atom. The lowest BCUT2D eigenvalue weighted by atomic mass is 10.2. The Labute approximate surface area is 83.3 Å². The van der Waals surface area contributed by atoms with E-state index < -0.39 is 19.0 Å². The van der Waals surface area contributed by atoms with Crippen LogP contribution in [-0.4, -0.2) is 31.0 Å². The van der Waals surface area contributed by atoms with Crippen molar-refractivity contribution in [1.29, 1.82) is 0 Å². The Hall–Kier alpha value is -0.710. The van der Waals surface area contributed by atoms with Crippen LogP contribution in [-0.2, 0) is 4.79 Å². The number of rotatable bonds is 6. The molecular weight excluding hydrogens is 190 g/mol. The van der Waals surface area contributed by atoms with Gasteiger partial charge in [-0.1, -0.05) is 6.92 Å². The van der Waals surface area contributed by atoms with Crippen molar-refractivity contribution in [3.63, 3.8) is 0 Å². The van der Waals surface area contributed by atoms with Gasteiger partial charge in [0.25, 0.3) is 6.43 Å².